The topological polar surface area (TPSA) is 78.1 Å². The average Bonchev–Trinajstić information content (AvgIpc) is 2.49. The Bertz CT molecular complexity index is 589. The van der Waals surface area contributed by atoms with E-state index in [1.54, 1.807) is 12.1 Å². The molecule has 8 heteroatoms. The van der Waals surface area contributed by atoms with Gasteiger partial charge in [-0.1, -0.05) is 23.2 Å². The van der Waals surface area contributed by atoms with Gasteiger partial charge >= 0.3 is 0 Å². The monoisotopic (exact) mass is 360 g/mol. The van der Waals surface area contributed by atoms with Crippen molar-refractivity contribution in [2.24, 2.45) is 0 Å². The molecule has 1 aromatic rings. The summed E-state index contributed by atoms with van der Waals surface area (Å²) in [5.74, 6) is -1.62. The van der Waals surface area contributed by atoms with Gasteiger partial charge in [-0.05, 0) is 18.2 Å². The molecule has 2 rings (SSSR count). The molecular weight excluding hydrogens is 341 g/mol. The number of halogens is 2. The van der Waals surface area contributed by atoms with Gasteiger partial charge < -0.3 is 25.0 Å². The Morgan fingerprint density at radius 2 is 1.91 bits per heavy atom. The van der Waals surface area contributed by atoms with E-state index < -0.39 is 17.9 Å². The van der Waals surface area contributed by atoms with Crippen molar-refractivity contribution in [2.75, 3.05) is 38.5 Å². The fourth-order valence-electron chi connectivity index (χ4n) is 2.72. The van der Waals surface area contributed by atoms with Crippen molar-refractivity contribution in [1.82, 2.24) is 0 Å². The predicted octanol–water partition coefficient (Wildman–Crippen LogP) is -2.15. The smallest absolute Gasteiger partial charge is 0.230 e. The van der Waals surface area contributed by atoms with Crippen LogP contribution in [0.3, 0.4) is 0 Å². The number of benzene rings is 1. The number of rotatable bonds is 5. The van der Waals surface area contributed by atoms with Crippen LogP contribution in [0.2, 0.25) is 10.0 Å². The number of hydrogen-bond donors (Lipinski definition) is 3. The van der Waals surface area contributed by atoms with Crippen molar-refractivity contribution in [3.05, 3.63) is 28.2 Å². The molecule has 1 fully saturated rings. The zero-order valence-electron chi connectivity index (χ0n) is 12.8. The number of piperazine rings is 1. The second-order valence-corrected chi connectivity index (χ2v) is 6.71. The van der Waals surface area contributed by atoms with E-state index in [-0.39, 0.29) is 6.42 Å². The summed E-state index contributed by atoms with van der Waals surface area (Å²) >= 11 is 11.9. The van der Waals surface area contributed by atoms with Gasteiger partial charge in [0.05, 0.1) is 30.1 Å². The number of carbonyl (C=O) groups excluding carboxylic acids is 2. The Morgan fingerprint density at radius 3 is 2.52 bits per heavy atom. The highest BCUT2D eigenvalue weighted by atomic mass is 35.5. The number of carboxylic acid groups (broad SMARTS) is 1. The minimum absolute atomic E-state index is 0.153. The van der Waals surface area contributed by atoms with Crippen LogP contribution in [-0.4, -0.2) is 51.1 Å². The Hall–Kier alpha value is -1.34. The first-order valence-electron chi connectivity index (χ1n) is 7.48. The summed E-state index contributed by atoms with van der Waals surface area (Å²) in [6.07, 6.45) is -0.153. The van der Waals surface area contributed by atoms with Crippen LogP contribution in [0, 0.1) is 0 Å². The molecule has 0 bridgehead atoms. The fraction of sp³-hybridized carbons (Fsp3) is 0.467. The summed E-state index contributed by atoms with van der Waals surface area (Å²) in [5.41, 5.74) is 0.374. The molecule has 1 amide bonds. The number of carboxylic acids is 1. The minimum atomic E-state index is -1.20. The third-order valence-electron chi connectivity index (χ3n) is 4.12. The van der Waals surface area contributed by atoms with E-state index in [1.165, 1.54) is 11.0 Å². The van der Waals surface area contributed by atoms with Crippen LogP contribution in [0.15, 0.2) is 18.2 Å². The molecular formula is C15H20Cl2N3O3+. The number of carbonyl (C=O) groups is 2. The SMILES string of the molecule is C[NH+]1CC[NH+]([C@H](CC(=O)Nc2cc(Cl)ccc2Cl)C(=O)[O-])CC1. The number of likely N-dealkylation sites (N-methyl/N-ethyl adjacent to an activating group) is 1. The van der Waals surface area contributed by atoms with Crippen molar-refractivity contribution in [2.45, 2.75) is 12.5 Å². The number of hydrogen-bond acceptors (Lipinski definition) is 3. The highest BCUT2D eigenvalue weighted by Crippen LogP contribution is 2.25. The number of quaternary nitrogens is 2. The van der Waals surface area contributed by atoms with E-state index in [0.717, 1.165) is 18.0 Å². The quantitative estimate of drug-likeness (QED) is 0.560. The minimum Gasteiger partial charge on any atom is -0.544 e. The lowest BCUT2D eigenvalue weighted by atomic mass is 10.1. The molecule has 0 radical (unpaired) electrons. The van der Waals surface area contributed by atoms with Crippen LogP contribution in [0.25, 0.3) is 0 Å². The van der Waals surface area contributed by atoms with Crippen molar-refractivity contribution in [3.63, 3.8) is 0 Å². The van der Waals surface area contributed by atoms with E-state index in [0.29, 0.717) is 28.8 Å². The van der Waals surface area contributed by atoms with Crippen molar-refractivity contribution in [1.29, 1.82) is 0 Å². The van der Waals surface area contributed by atoms with Gasteiger partial charge in [-0.2, -0.15) is 0 Å². The summed E-state index contributed by atoms with van der Waals surface area (Å²) in [4.78, 5) is 25.8. The van der Waals surface area contributed by atoms with E-state index in [9.17, 15) is 14.7 Å². The molecule has 0 unspecified atom stereocenters. The van der Waals surface area contributed by atoms with Gasteiger partial charge in [-0.3, -0.25) is 4.79 Å². The van der Waals surface area contributed by atoms with E-state index in [1.807, 2.05) is 0 Å². The Kier molecular flexibility index (Phi) is 6.24. The highest BCUT2D eigenvalue weighted by molar-refractivity contribution is 6.35. The molecule has 3 N–H and O–H groups in total. The number of nitrogens with one attached hydrogen (secondary N) is 3. The largest absolute Gasteiger partial charge is 0.544 e. The van der Waals surface area contributed by atoms with Crippen molar-refractivity contribution in [3.8, 4) is 0 Å². The predicted molar refractivity (Wildman–Crippen MR) is 85.8 cm³/mol. The summed E-state index contributed by atoms with van der Waals surface area (Å²) in [7, 11) is 2.07. The zero-order valence-corrected chi connectivity index (χ0v) is 14.3. The normalized spacial score (nSPS) is 22.4. The van der Waals surface area contributed by atoms with Gasteiger partial charge in [-0.15, -0.1) is 0 Å². The van der Waals surface area contributed by atoms with Gasteiger partial charge in [0.1, 0.15) is 32.2 Å². The molecule has 0 saturated carbocycles. The lowest BCUT2D eigenvalue weighted by Crippen LogP contribution is -3.29. The van der Waals surface area contributed by atoms with E-state index in [4.69, 9.17) is 23.2 Å². The molecule has 0 aliphatic carbocycles. The van der Waals surface area contributed by atoms with Gasteiger partial charge in [0.25, 0.3) is 0 Å². The first-order valence-corrected chi connectivity index (χ1v) is 8.24. The van der Waals surface area contributed by atoms with E-state index in [2.05, 4.69) is 12.4 Å². The number of amides is 1. The molecule has 1 saturated heterocycles. The molecule has 1 aliphatic rings. The molecule has 23 heavy (non-hydrogen) atoms. The van der Waals surface area contributed by atoms with Crippen LogP contribution in [0.4, 0.5) is 5.69 Å². The zero-order chi connectivity index (χ0) is 17.0. The van der Waals surface area contributed by atoms with Gasteiger partial charge in [0, 0.05) is 5.02 Å². The highest BCUT2D eigenvalue weighted by Gasteiger charge is 2.30. The van der Waals surface area contributed by atoms with Crippen LogP contribution < -0.4 is 20.2 Å². The molecule has 0 spiro atoms. The average molecular weight is 361 g/mol. The number of aliphatic carboxylic acids is 1. The summed E-state index contributed by atoms with van der Waals surface area (Å²) in [5, 5.41) is 14.8. The first kappa shape index (κ1) is 18.0. The van der Waals surface area contributed by atoms with Crippen LogP contribution in [0.5, 0.6) is 0 Å². The third kappa shape index (κ3) is 5.07. The van der Waals surface area contributed by atoms with Crippen LogP contribution in [0.1, 0.15) is 6.42 Å². The Labute approximate surface area is 145 Å². The van der Waals surface area contributed by atoms with Gasteiger partial charge in [-0.25, -0.2) is 0 Å². The Balaban J connectivity index is 2.00. The van der Waals surface area contributed by atoms with Gasteiger partial charge in [0.15, 0.2) is 0 Å². The molecule has 1 aromatic carbocycles. The maximum absolute atomic E-state index is 12.2. The molecule has 1 aliphatic heterocycles. The first-order chi connectivity index (χ1) is 10.9. The fourth-order valence-corrected chi connectivity index (χ4v) is 3.06. The summed E-state index contributed by atoms with van der Waals surface area (Å²) in [6.45, 7) is 3.16. The second kappa shape index (κ2) is 7.97. The Morgan fingerprint density at radius 1 is 1.26 bits per heavy atom. The number of anilines is 1. The maximum Gasteiger partial charge on any atom is 0.230 e. The molecule has 0 aromatic heterocycles. The summed E-state index contributed by atoms with van der Waals surface area (Å²) in [6, 6.07) is 3.85. The summed E-state index contributed by atoms with van der Waals surface area (Å²) < 4.78 is 0. The molecule has 6 nitrogen and oxygen atoms in total. The van der Waals surface area contributed by atoms with Crippen LogP contribution in [-0.2, 0) is 9.59 Å². The standard InChI is InChI=1S/C15H19Cl2N3O3/c1-19-4-6-20(7-5-19)13(15(22)23)9-14(21)18-12-8-10(16)2-3-11(12)17/h2-3,8,13H,4-7,9H2,1H3,(H,18,21)(H,22,23)/p+1/t13-/m1/s1. The van der Waals surface area contributed by atoms with Crippen molar-refractivity contribution < 1.29 is 24.5 Å². The lowest BCUT2D eigenvalue weighted by Gasteiger charge is -2.33. The second-order valence-electron chi connectivity index (χ2n) is 5.86. The third-order valence-corrected chi connectivity index (χ3v) is 4.68. The lowest BCUT2D eigenvalue weighted by molar-refractivity contribution is -1.01. The van der Waals surface area contributed by atoms with E-state index >= 15 is 0 Å². The molecule has 1 atom stereocenters. The molecule has 1 heterocycles. The molecule has 126 valence electrons. The maximum atomic E-state index is 12.2. The van der Waals surface area contributed by atoms with Crippen LogP contribution >= 0.6 is 23.2 Å². The van der Waals surface area contributed by atoms with Gasteiger partial charge in [0.2, 0.25) is 5.91 Å². The van der Waals surface area contributed by atoms with Crippen molar-refractivity contribution >= 4 is 40.8 Å².